The molecule has 0 spiro atoms. The summed E-state index contributed by atoms with van der Waals surface area (Å²) in [6.45, 7) is 3.30. The number of nitro groups is 1. The van der Waals surface area contributed by atoms with Gasteiger partial charge in [-0.15, -0.1) is 0 Å². The van der Waals surface area contributed by atoms with Gasteiger partial charge >= 0.3 is 0 Å². The van der Waals surface area contributed by atoms with Gasteiger partial charge in [0.05, 0.1) is 36.7 Å². The second kappa shape index (κ2) is 6.05. The van der Waals surface area contributed by atoms with Crippen LogP contribution in [0.4, 0.5) is 11.4 Å². The first-order valence-corrected chi connectivity index (χ1v) is 6.21. The van der Waals surface area contributed by atoms with E-state index in [1.54, 1.807) is 24.7 Å². The molecule has 7 heteroatoms. The Kier molecular flexibility index (Phi) is 4.19. The summed E-state index contributed by atoms with van der Waals surface area (Å²) >= 11 is 0. The lowest BCUT2D eigenvalue weighted by Crippen LogP contribution is -2.07. The number of methoxy groups -OCH3 is 1. The summed E-state index contributed by atoms with van der Waals surface area (Å²) in [5.41, 5.74) is 1.42. The molecule has 2 aromatic rings. The third kappa shape index (κ3) is 2.87. The number of nitro benzene ring substituents is 1. The molecular weight excluding hydrogens is 260 g/mol. The highest BCUT2D eigenvalue weighted by Crippen LogP contribution is 2.29. The fourth-order valence-electron chi connectivity index (χ4n) is 1.90. The van der Waals surface area contributed by atoms with Crippen molar-refractivity contribution in [2.75, 3.05) is 12.4 Å². The maximum atomic E-state index is 11.1. The SMILES string of the molecule is CCn1cncc1CNc1ccc(OC)cc1[N+](=O)[O-]. The van der Waals surface area contributed by atoms with Gasteiger partial charge in [-0.05, 0) is 19.1 Å². The van der Waals surface area contributed by atoms with Crippen molar-refractivity contribution in [2.24, 2.45) is 0 Å². The van der Waals surface area contributed by atoms with E-state index in [2.05, 4.69) is 10.3 Å². The van der Waals surface area contributed by atoms with E-state index in [0.717, 1.165) is 12.2 Å². The zero-order chi connectivity index (χ0) is 14.5. The smallest absolute Gasteiger partial charge is 0.296 e. The second-order valence-corrected chi connectivity index (χ2v) is 4.16. The average Bonchev–Trinajstić information content (AvgIpc) is 2.92. The van der Waals surface area contributed by atoms with Crippen molar-refractivity contribution in [2.45, 2.75) is 20.0 Å². The molecule has 20 heavy (non-hydrogen) atoms. The summed E-state index contributed by atoms with van der Waals surface area (Å²) in [4.78, 5) is 14.7. The van der Waals surface area contributed by atoms with Crippen molar-refractivity contribution < 1.29 is 9.66 Å². The van der Waals surface area contributed by atoms with Crippen LogP contribution in [0.5, 0.6) is 5.75 Å². The summed E-state index contributed by atoms with van der Waals surface area (Å²) in [6.07, 6.45) is 3.48. The summed E-state index contributed by atoms with van der Waals surface area (Å²) < 4.78 is 6.98. The molecule has 0 bridgehead atoms. The predicted molar refractivity (Wildman–Crippen MR) is 74.9 cm³/mol. The summed E-state index contributed by atoms with van der Waals surface area (Å²) in [5.74, 6) is 0.459. The summed E-state index contributed by atoms with van der Waals surface area (Å²) in [7, 11) is 1.48. The number of nitrogens with one attached hydrogen (secondary N) is 1. The zero-order valence-electron chi connectivity index (χ0n) is 11.4. The number of rotatable bonds is 6. The minimum atomic E-state index is -0.429. The van der Waals surface area contributed by atoms with Crippen LogP contribution < -0.4 is 10.1 Å². The van der Waals surface area contributed by atoms with Gasteiger partial charge in [0, 0.05) is 12.7 Å². The molecule has 0 aliphatic rings. The van der Waals surface area contributed by atoms with E-state index in [9.17, 15) is 10.1 Å². The summed E-state index contributed by atoms with van der Waals surface area (Å²) in [5, 5.41) is 14.1. The van der Waals surface area contributed by atoms with Crippen LogP contribution >= 0.6 is 0 Å². The van der Waals surface area contributed by atoms with Crippen LogP contribution in [0, 0.1) is 10.1 Å². The maximum Gasteiger partial charge on any atom is 0.296 e. The van der Waals surface area contributed by atoms with E-state index in [1.165, 1.54) is 13.2 Å². The summed E-state index contributed by atoms with van der Waals surface area (Å²) in [6, 6.07) is 4.73. The molecule has 0 saturated heterocycles. The van der Waals surface area contributed by atoms with E-state index in [-0.39, 0.29) is 5.69 Å². The van der Waals surface area contributed by atoms with Crippen LogP contribution in [0.25, 0.3) is 0 Å². The molecule has 1 aromatic heterocycles. The zero-order valence-corrected chi connectivity index (χ0v) is 11.4. The van der Waals surface area contributed by atoms with Crippen molar-refractivity contribution in [1.82, 2.24) is 9.55 Å². The molecule has 0 aliphatic carbocycles. The number of aromatic nitrogens is 2. The lowest BCUT2D eigenvalue weighted by atomic mass is 10.2. The topological polar surface area (TPSA) is 82.2 Å². The lowest BCUT2D eigenvalue weighted by Gasteiger charge is -2.09. The largest absolute Gasteiger partial charge is 0.496 e. The maximum absolute atomic E-state index is 11.1. The van der Waals surface area contributed by atoms with Gasteiger partial charge in [0.1, 0.15) is 11.4 Å². The van der Waals surface area contributed by atoms with Crippen molar-refractivity contribution in [3.8, 4) is 5.75 Å². The Morgan fingerprint density at radius 2 is 2.30 bits per heavy atom. The fraction of sp³-hybridized carbons (Fsp3) is 0.308. The molecule has 106 valence electrons. The first kappa shape index (κ1) is 13.9. The molecule has 0 aliphatic heterocycles. The van der Waals surface area contributed by atoms with Gasteiger partial charge in [-0.25, -0.2) is 4.98 Å². The fourth-order valence-corrected chi connectivity index (χ4v) is 1.90. The Morgan fingerprint density at radius 1 is 1.50 bits per heavy atom. The Labute approximate surface area is 116 Å². The number of anilines is 1. The van der Waals surface area contributed by atoms with Crippen molar-refractivity contribution in [3.05, 3.63) is 46.5 Å². The number of hydrogen-bond acceptors (Lipinski definition) is 5. The molecule has 7 nitrogen and oxygen atoms in total. The van der Waals surface area contributed by atoms with Crippen LogP contribution in [0.3, 0.4) is 0 Å². The number of hydrogen-bond donors (Lipinski definition) is 1. The molecule has 0 atom stereocenters. The van der Waals surface area contributed by atoms with E-state index in [4.69, 9.17) is 4.74 Å². The van der Waals surface area contributed by atoms with E-state index in [0.29, 0.717) is 18.0 Å². The molecule has 0 saturated carbocycles. The van der Waals surface area contributed by atoms with Gasteiger partial charge < -0.3 is 14.6 Å². The molecule has 0 amide bonds. The molecule has 0 unspecified atom stereocenters. The molecule has 1 aromatic carbocycles. The van der Waals surface area contributed by atoms with Crippen LogP contribution in [0.1, 0.15) is 12.6 Å². The quantitative estimate of drug-likeness (QED) is 0.647. The molecule has 0 fully saturated rings. The predicted octanol–water partition coefficient (Wildman–Crippen LogP) is 2.43. The van der Waals surface area contributed by atoms with E-state index < -0.39 is 4.92 Å². The van der Waals surface area contributed by atoms with Gasteiger partial charge in [-0.1, -0.05) is 0 Å². The third-order valence-electron chi connectivity index (χ3n) is 3.00. The molecule has 2 rings (SSSR count). The van der Waals surface area contributed by atoms with Crippen molar-refractivity contribution in [1.29, 1.82) is 0 Å². The average molecular weight is 276 g/mol. The van der Waals surface area contributed by atoms with Gasteiger partial charge in [-0.3, -0.25) is 10.1 Å². The number of nitrogens with zero attached hydrogens (tertiary/aromatic N) is 3. The van der Waals surface area contributed by atoms with Crippen LogP contribution in [0.15, 0.2) is 30.7 Å². The van der Waals surface area contributed by atoms with Crippen molar-refractivity contribution in [3.63, 3.8) is 0 Å². The number of aryl methyl sites for hydroxylation is 1. The first-order valence-electron chi connectivity index (χ1n) is 6.21. The minimum Gasteiger partial charge on any atom is -0.496 e. The second-order valence-electron chi connectivity index (χ2n) is 4.16. The molecular formula is C13H16N4O3. The Morgan fingerprint density at radius 3 is 2.95 bits per heavy atom. The minimum absolute atomic E-state index is 0.00749. The van der Waals surface area contributed by atoms with Crippen LogP contribution in [-0.2, 0) is 13.1 Å². The normalized spacial score (nSPS) is 10.3. The standard InChI is InChI=1S/C13H16N4O3/c1-3-16-9-14-7-10(16)8-15-12-5-4-11(20-2)6-13(12)17(18)19/h4-7,9,15H,3,8H2,1-2H3. The highest BCUT2D eigenvalue weighted by Gasteiger charge is 2.15. The van der Waals surface area contributed by atoms with Gasteiger partial charge in [0.25, 0.3) is 5.69 Å². The molecule has 1 N–H and O–H groups in total. The van der Waals surface area contributed by atoms with Gasteiger partial charge in [-0.2, -0.15) is 0 Å². The number of benzene rings is 1. The lowest BCUT2D eigenvalue weighted by molar-refractivity contribution is -0.384. The Bertz CT molecular complexity index is 609. The highest BCUT2D eigenvalue weighted by atomic mass is 16.6. The monoisotopic (exact) mass is 276 g/mol. The van der Waals surface area contributed by atoms with E-state index in [1.807, 2.05) is 11.5 Å². The highest BCUT2D eigenvalue weighted by molar-refractivity contribution is 5.63. The number of imidazole rings is 1. The molecule has 1 heterocycles. The van der Waals surface area contributed by atoms with E-state index >= 15 is 0 Å². The Balaban J connectivity index is 2.19. The molecule has 0 radical (unpaired) electrons. The van der Waals surface area contributed by atoms with Crippen LogP contribution in [0.2, 0.25) is 0 Å². The first-order chi connectivity index (χ1) is 9.65. The Hall–Kier alpha value is -2.57. The third-order valence-corrected chi connectivity index (χ3v) is 3.00. The number of ether oxygens (including phenoxy) is 1. The van der Waals surface area contributed by atoms with Gasteiger partial charge in [0.2, 0.25) is 0 Å². The van der Waals surface area contributed by atoms with Crippen LogP contribution in [-0.4, -0.2) is 21.6 Å². The van der Waals surface area contributed by atoms with Gasteiger partial charge in [0.15, 0.2) is 0 Å². The van der Waals surface area contributed by atoms with Crippen molar-refractivity contribution >= 4 is 11.4 Å².